The molecule has 1 aliphatic rings. The lowest BCUT2D eigenvalue weighted by atomic mass is 10.2. The van der Waals surface area contributed by atoms with Gasteiger partial charge in [0.1, 0.15) is 6.04 Å². The first kappa shape index (κ1) is 13.6. The molecular formula is C15H18N4O2. The molecule has 1 unspecified atom stereocenters. The van der Waals surface area contributed by atoms with Gasteiger partial charge in [0, 0.05) is 24.3 Å². The Balaban J connectivity index is 1.68. The van der Waals surface area contributed by atoms with Crippen LogP contribution in [-0.4, -0.2) is 22.6 Å². The topological polar surface area (TPSA) is 71.3 Å². The number of aromatic nitrogens is 2. The summed E-state index contributed by atoms with van der Waals surface area (Å²) >= 11 is 0. The molecule has 1 amide bonds. The molecule has 1 N–H and O–H groups in total. The van der Waals surface area contributed by atoms with Crippen LogP contribution in [0.2, 0.25) is 0 Å². The molecule has 2 aromatic rings. The third-order valence-corrected chi connectivity index (χ3v) is 3.55. The number of hydrogen-bond donors (Lipinski definition) is 1. The van der Waals surface area contributed by atoms with Gasteiger partial charge in [0.25, 0.3) is 0 Å². The van der Waals surface area contributed by atoms with Crippen LogP contribution in [-0.2, 0) is 4.79 Å². The molecular weight excluding hydrogens is 268 g/mol. The summed E-state index contributed by atoms with van der Waals surface area (Å²) in [4.78, 5) is 17.7. The van der Waals surface area contributed by atoms with Crippen molar-refractivity contribution in [3.8, 4) is 0 Å². The van der Waals surface area contributed by atoms with Crippen molar-refractivity contribution in [2.45, 2.75) is 32.7 Å². The average molecular weight is 286 g/mol. The van der Waals surface area contributed by atoms with Gasteiger partial charge < -0.3 is 14.7 Å². The molecule has 0 saturated carbocycles. The Morgan fingerprint density at radius 1 is 1.33 bits per heavy atom. The van der Waals surface area contributed by atoms with E-state index in [1.807, 2.05) is 36.1 Å². The predicted octanol–water partition coefficient (Wildman–Crippen LogP) is 2.68. The summed E-state index contributed by atoms with van der Waals surface area (Å²) in [6, 6.07) is 7.76. The van der Waals surface area contributed by atoms with Crippen LogP contribution in [0.25, 0.3) is 0 Å². The van der Waals surface area contributed by atoms with Crippen LogP contribution in [0, 0.1) is 6.92 Å². The lowest BCUT2D eigenvalue weighted by Crippen LogP contribution is -2.23. The summed E-state index contributed by atoms with van der Waals surface area (Å²) in [6.45, 7) is 4.57. The molecule has 6 nitrogen and oxygen atoms in total. The number of carbonyl (C=O) groups is 1. The third-order valence-electron chi connectivity index (χ3n) is 3.55. The van der Waals surface area contributed by atoms with Crippen LogP contribution in [0.1, 0.15) is 37.5 Å². The van der Waals surface area contributed by atoms with Gasteiger partial charge in [-0.15, -0.1) is 0 Å². The first-order valence-electron chi connectivity index (χ1n) is 7.10. The Kier molecular flexibility index (Phi) is 3.60. The molecule has 1 fully saturated rings. The standard InChI is InChI=1S/C15H18N4O2/c1-10(15-17-11(2)18-21-15)16-12-5-7-13(8-6-12)19-9-3-4-14(19)20/h5-8,10,16H,3-4,9H2,1-2H3. The maximum atomic E-state index is 11.7. The van der Waals surface area contributed by atoms with Crippen LogP contribution in [0.5, 0.6) is 0 Å². The number of anilines is 2. The number of aryl methyl sites for hydroxylation is 1. The Morgan fingerprint density at radius 2 is 2.10 bits per heavy atom. The van der Waals surface area contributed by atoms with E-state index in [0.29, 0.717) is 18.1 Å². The first-order valence-corrected chi connectivity index (χ1v) is 7.10. The van der Waals surface area contributed by atoms with Gasteiger partial charge in [-0.1, -0.05) is 5.16 Å². The van der Waals surface area contributed by atoms with E-state index in [-0.39, 0.29) is 11.9 Å². The molecule has 1 saturated heterocycles. The molecule has 21 heavy (non-hydrogen) atoms. The van der Waals surface area contributed by atoms with Crippen LogP contribution >= 0.6 is 0 Å². The van der Waals surface area contributed by atoms with Crippen molar-refractivity contribution in [1.29, 1.82) is 0 Å². The molecule has 0 spiro atoms. The highest BCUT2D eigenvalue weighted by Crippen LogP contribution is 2.24. The number of rotatable bonds is 4. The Labute approximate surface area is 123 Å². The normalized spacial score (nSPS) is 16.3. The fourth-order valence-electron chi connectivity index (χ4n) is 2.46. The van der Waals surface area contributed by atoms with E-state index in [1.54, 1.807) is 6.92 Å². The number of hydrogen-bond acceptors (Lipinski definition) is 5. The van der Waals surface area contributed by atoms with Gasteiger partial charge in [-0.3, -0.25) is 4.79 Å². The van der Waals surface area contributed by atoms with Gasteiger partial charge in [0.2, 0.25) is 11.8 Å². The zero-order valence-corrected chi connectivity index (χ0v) is 12.2. The van der Waals surface area contributed by atoms with E-state index < -0.39 is 0 Å². The van der Waals surface area contributed by atoms with E-state index in [1.165, 1.54) is 0 Å². The minimum Gasteiger partial charge on any atom is -0.374 e. The van der Waals surface area contributed by atoms with E-state index in [2.05, 4.69) is 15.5 Å². The molecule has 1 atom stereocenters. The van der Waals surface area contributed by atoms with Crippen molar-refractivity contribution in [3.05, 3.63) is 36.0 Å². The lowest BCUT2D eigenvalue weighted by Gasteiger charge is -2.17. The predicted molar refractivity (Wildman–Crippen MR) is 79.1 cm³/mol. The first-order chi connectivity index (χ1) is 10.1. The van der Waals surface area contributed by atoms with Crippen molar-refractivity contribution < 1.29 is 9.32 Å². The second-order valence-corrected chi connectivity index (χ2v) is 5.24. The smallest absolute Gasteiger partial charge is 0.248 e. The Morgan fingerprint density at radius 3 is 2.67 bits per heavy atom. The summed E-state index contributed by atoms with van der Waals surface area (Å²) in [6.07, 6.45) is 1.58. The van der Waals surface area contributed by atoms with E-state index >= 15 is 0 Å². The molecule has 3 rings (SSSR count). The van der Waals surface area contributed by atoms with Crippen molar-refractivity contribution in [2.75, 3.05) is 16.8 Å². The quantitative estimate of drug-likeness (QED) is 0.935. The number of nitrogens with zero attached hydrogens (tertiary/aromatic N) is 3. The minimum absolute atomic E-state index is 0.0644. The molecule has 110 valence electrons. The average Bonchev–Trinajstić information content (AvgIpc) is 3.08. The minimum atomic E-state index is -0.0644. The SMILES string of the molecule is Cc1noc(C(C)Nc2ccc(N3CCCC3=O)cc2)n1. The highest BCUT2D eigenvalue weighted by atomic mass is 16.5. The largest absolute Gasteiger partial charge is 0.374 e. The molecule has 1 aliphatic heterocycles. The molecule has 2 heterocycles. The van der Waals surface area contributed by atoms with Gasteiger partial charge in [-0.05, 0) is 44.5 Å². The Bertz CT molecular complexity index is 635. The highest BCUT2D eigenvalue weighted by molar-refractivity contribution is 5.95. The van der Waals surface area contributed by atoms with Crippen LogP contribution in [0.15, 0.2) is 28.8 Å². The monoisotopic (exact) mass is 286 g/mol. The maximum Gasteiger partial charge on any atom is 0.248 e. The second-order valence-electron chi connectivity index (χ2n) is 5.24. The van der Waals surface area contributed by atoms with Crippen molar-refractivity contribution in [1.82, 2.24) is 10.1 Å². The lowest BCUT2D eigenvalue weighted by molar-refractivity contribution is -0.117. The summed E-state index contributed by atoms with van der Waals surface area (Å²) in [5, 5.41) is 7.08. The summed E-state index contributed by atoms with van der Waals surface area (Å²) in [7, 11) is 0. The third kappa shape index (κ3) is 2.89. The molecule has 1 aromatic heterocycles. The molecule has 1 aromatic carbocycles. The van der Waals surface area contributed by atoms with Crippen LogP contribution in [0.3, 0.4) is 0 Å². The zero-order valence-electron chi connectivity index (χ0n) is 12.2. The molecule has 0 radical (unpaired) electrons. The molecule has 0 bridgehead atoms. The van der Waals surface area contributed by atoms with E-state index in [0.717, 1.165) is 24.3 Å². The number of benzene rings is 1. The van der Waals surface area contributed by atoms with Gasteiger partial charge in [-0.2, -0.15) is 4.98 Å². The van der Waals surface area contributed by atoms with Gasteiger partial charge in [0.15, 0.2) is 5.82 Å². The van der Waals surface area contributed by atoms with Gasteiger partial charge >= 0.3 is 0 Å². The van der Waals surface area contributed by atoms with E-state index in [9.17, 15) is 4.79 Å². The maximum absolute atomic E-state index is 11.7. The molecule has 0 aliphatic carbocycles. The van der Waals surface area contributed by atoms with Gasteiger partial charge in [0.05, 0.1) is 0 Å². The van der Waals surface area contributed by atoms with Crippen LogP contribution in [0.4, 0.5) is 11.4 Å². The summed E-state index contributed by atoms with van der Waals surface area (Å²) in [5.41, 5.74) is 1.90. The van der Waals surface area contributed by atoms with Crippen molar-refractivity contribution in [3.63, 3.8) is 0 Å². The fraction of sp³-hybridized carbons (Fsp3) is 0.400. The van der Waals surface area contributed by atoms with Crippen molar-refractivity contribution in [2.24, 2.45) is 0 Å². The summed E-state index contributed by atoms with van der Waals surface area (Å²) < 4.78 is 5.14. The highest BCUT2D eigenvalue weighted by Gasteiger charge is 2.21. The van der Waals surface area contributed by atoms with Crippen LogP contribution < -0.4 is 10.2 Å². The number of carbonyl (C=O) groups excluding carboxylic acids is 1. The van der Waals surface area contributed by atoms with E-state index in [4.69, 9.17) is 4.52 Å². The summed E-state index contributed by atoms with van der Waals surface area (Å²) in [5.74, 6) is 1.39. The Hall–Kier alpha value is -2.37. The molecule has 6 heteroatoms. The fourth-order valence-corrected chi connectivity index (χ4v) is 2.46. The van der Waals surface area contributed by atoms with Gasteiger partial charge in [-0.25, -0.2) is 0 Å². The zero-order chi connectivity index (χ0) is 14.8. The second kappa shape index (κ2) is 5.55. The number of amides is 1. The number of nitrogens with one attached hydrogen (secondary N) is 1. The van der Waals surface area contributed by atoms with Crippen molar-refractivity contribution >= 4 is 17.3 Å².